The van der Waals surface area contributed by atoms with Gasteiger partial charge in [-0.3, -0.25) is 0 Å². The van der Waals surface area contributed by atoms with E-state index in [1.165, 1.54) is 143 Å². The zero-order valence-electron chi connectivity index (χ0n) is 85.3. The summed E-state index contributed by atoms with van der Waals surface area (Å²) in [6.45, 7) is 59.3. The minimum absolute atomic E-state index is 0.0858. The summed E-state index contributed by atoms with van der Waals surface area (Å²) in [5, 5.41) is 0. The van der Waals surface area contributed by atoms with Crippen LogP contribution >= 0.6 is 0 Å². The van der Waals surface area contributed by atoms with E-state index in [0.29, 0.717) is 0 Å². The van der Waals surface area contributed by atoms with Gasteiger partial charge in [0.1, 0.15) is 0 Å². The van der Waals surface area contributed by atoms with Gasteiger partial charge in [0.05, 0.1) is 29.0 Å². The van der Waals surface area contributed by atoms with Crippen LogP contribution in [0.15, 0.2) is 382 Å². The number of hydrogen-bond donors (Lipinski definition) is 0. The molecule has 0 saturated heterocycles. The highest BCUT2D eigenvalue weighted by Crippen LogP contribution is 2.57. The fourth-order valence-corrected chi connectivity index (χ4v) is 12.7. The van der Waals surface area contributed by atoms with Crippen molar-refractivity contribution in [3.8, 4) is 11.1 Å². The van der Waals surface area contributed by atoms with E-state index in [-0.39, 0.29) is 10.8 Å². The molecule has 0 unspecified atom stereocenters. The number of aryl methyl sites for hydroxylation is 3. The zero-order valence-corrected chi connectivity index (χ0v) is 85.3. The van der Waals surface area contributed by atoms with Gasteiger partial charge in [-0.2, -0.15) is 26.3 Å². The number of alkyl halides is 6. The molecular formula is C120H167B3F6. The molecule has 9 heteroatoms. The summed E-state index contributed by atoms with van der Waals surface area (Å²) in [7, 11) is 13.5. The highest BCUT2D eigenvalue weighted by molar-refractivity contribution is 6.06. The first kappa shape index (κ1) is 132. The van der Waals surface area contributed by atoms with Crippen molar-refractivity contribution in [2.75, 3.05) is 0 Å². The summed E-state index contributed by atoms with van der Waals surface area (Å²) < 4.78 is 81.1. The largest absolute Gasteiger partial charge is 0.411 e. The van der Waals surface area contributed by atoms with Crippen LogP contribution in [0.25, 0.3) is 11.1 Å². The van der Waals surface area contributed by atoms with E-state index < -0.39 is 28.9 Å². The third-order valence-corrected chi connectivity index (χ3v) is 18.0. The zero-order chi connectivity index (χ0) is 99.7. The lowest BCUT2D eigenvalue weighted by molar-refractivity contribution is -0.288. The number of halogens is 6. The first-order chi connectivity index (χ1) is 63.0. The van der Waals surface area contributed by atoms with Gasteiger partial charge in [0.15, 0.2) is 0 Å². The molecule has 1 fully saturated rings. The van der Waals surface area contributed by atoms with E-state index >= 15 is 0 Å². The van der Waals surface area contributed by atoms with Crippen molar-refractivity contribution in [2.24, 2.45) is 0 Å². The monoisotopic (exact) mass is 1760 g/mol. The molecule has 0 aliphatic heterocycles. The molecule has 13 aromatic carbocycles. The predicted molar refractivity (Wildman–Crippen MR) is 571 cm³/mol. The Labute approximate surface area is 791 Å². The van der Waals surface area contributed by atoms with E-state index in [9.17, 15) is 26.3 Å². The standard InChI is InChI=1S/C25H18.C15H10F6.C15H16.C13H12.3C7H8.C6H12.11C2H6.3CH3B/c1-3-11-19(12-4-1)25(20-13-5-2-6-14-20)23-17-9-7-15-21(23)22-16-8-10-18-24(22)25;16-14(17,18)13(15(19,20)21,11-7-3-1-4-8-11)12-9-5-2-6-10-12;1-15(2,13-9-5-3-6-10-13)14-11-7-4-8-12-14;1-3-7-12(8-4-1)11-13-9-5-2-6-10-13;3*1-7-5-3-2-4-6-7;1-2-4-6-5-3-1;14*1-2/h1-18H;1-10H;3-12H,1-2H3;1-10H,11H2;3*2-6H,1H3;1-6H2;11*1-2H3;3*1H3. The minimum atomic E-state index is -5.52. The number of fused-ring (bicyclic) bond motifs is 3. The van der Waals surface area contributed by atoms with Crippen LogP contribution in [0.2, 0.25) is 20.5 Å². The van der Waals surface area contributed by atoms with Gasteiger partial charge in [-0.25, -0.2) is 0 Å². The molecule has 13 aromatic rings. The molecule has 0 spiro atoms. The lowest BCUT2D eigenvalue weighted by atomic mass is 9.68. The van der Waals surface area contributed by atoms with Gasteiger partial charge in [0.25, 0.3) is 0 Å². The molecule has 6 radical (unpaired) electrons. The Bertz CT molecular complexity index is 4040. The van der Waals surface area contributed by atoms with Crippen LogP contribution < -0.4 is 0 Å². The molecule has 0 amide bonds. The van der Waals surface area contributed by atoms with E-state index in [2.05, 4.69) is 325 Å². The predicted octanol–water partition coefficient (Wildman–Crippen LogP) is 38.7. The van der Waals surface area contributed by atoms with Gasteiger partial charge in [0.2, 0.25) is 5.41 Å². The van der Waals surface area contributed by atoms with Crippen molar-refractivity contribution >= 4 is 23.5 Å². The van der Waals surface area contributed by atoms with Crippen molar-refractivity contribution < 1.29 is 26.3 Å². The minimum Gasteiger partial charge on any atom is -0.169 e. The van der Waals surface area contributed by atoms with E-state index in [1.807, 2.05) is 207 Å². The normalized spacial score (nSPS) is 10.3. The second kappa shape index (κ2) is 88.3. The summed E-state index contributed by atoms with van der Waals surface area (Å²) in [6.07, 6.45) is -1.01. The van der Waals surface area contributed by atoms with Gasteiger partial charge in [-0.15, -0.1) is 0 Å². The maximum absolute atomic E-state index is 13.5. The summed E-state index contributed by atoms with van der Waals surface area (Å²) in [4.78, 5) is 0. The van der Waals surface area contributed by atoms with E-state index in [4.69, 9.17) is 0 Å². The molecule has 0 bridgehead atoms. The van der Waals surface area contributed by atoms with Crippen LogP contribution in [-0.2, 0) is 22.7 Å². The van der Waals surface area contributed by atoms with Crippen LogP contribution in [0.4, 0.5) is 26.3 Å². The van der Waals surface area contributed by atoms with Crippen molar-refractivity contribution in [3.63, 3.8) is 0 Å². The maximum Gasteiger partial charge on any atom is 0.411 e. The number of rotatable bonds is 8. The van der Waals surface area contributed by atoms with Gasteiger partial charge >= 0.3 is 12.4 Å². The first-order valence-corrected chi connectivity index (χ1v) is 47.5. The van der Waals surface area contributed by atoms with Crippen LogP contribution in [-0.4, -0.2) is 35.9 Å². The summed E-state index contributed by atoms with van der Waals surface area (Å²) in [5.41, 5.74) is 11.6. The molecule has 2 aliphatic carbocycles. The van der Waals surface area contributed by atoms with Gasteiger partial charge in [-0.1, -0.05) is 624 Å². The lowest BCUT2D eigenvalue weighted by Gasteiger charge is -2.38. The van der Waals surface area contributed by atoms with Gasteiger partial charge in [-0.05, 0) is 94.0 Å². The molecule has 0 nitrogen and oxygen atoms in total. The molecule has 0 aromatic heterocycles. The quantitative estimate of drug-likeness (QED) is 0.105. The van der Waals surface area contributed by atoms with E-state index in [0.717, 1.165) is 55.0 Å². The molecule has 1 saturated carbocycles. The Morgan fingerprint density at radius 2 is 0.380 bits per heavy atom. The highest BCUT2D eigenvalue weighted by atomic mass is 19.4. The maximum atomic E-state index is 13.5. The third-order valence-electron chi connectivity index (χ3n) is 18.0. The fourth-order valence-electron chi connectivity index (χ4n) is 12.7. The molecule has 15 rings (SSSR count). The second-order valence-electron chi connectivity index (χ2n) is 25.6. The Kier molecular flexibility index (Phi) is 90.2. The first-order valence-electron chi connectivity index (χ1n) is 47.5. The van der Waals surface area contributed by atoms with Crippen LogP contribution in [0.1, 0.15) is 277 Å². The summed E-state index contributed by atoms with van der Waals surface area (Å²) in [5.74, 6) is 0. The van der Waals surface area contributed by atoms with Gasteiger partial charge in [0, 0.05) is 5.41 Å². The van der Waals surface area contributed by atoms with E-state index in [1.54, 1.807) is 0 Å². The number of hydrogen-bond acceptors (Lipinski definition) is 0. The van der Waals surface area contributed by atoms with Crippen molar-refractivity contribution in [1.82, 2.24) is 0 Å². The van der Waals surface area contributed by atoms with Crippen molar-refractivity contribution in [2.45, 2.75) is 281 Å². The highest BCUT2D eigenvalue weighted by Gasteiger charge is 2.72. The molecule has 0 N–H and O–H groups in total. The van der Waals surface area contributed by atoms with Crippen molar-refractivity contribution in [3.05, 3.63) is 455 Å². The molecular weight excluding hydrogens is 1590 g/mol. The smallest absolute Gasteiger partial charge is 0.169 e. The Morgan fingerprint density at radius 1 is 0.217 bits per heavy atom. The summed E-state index contributed by atoms with van der Waals surface area (Å²) >= 11 is 0. The van der Waals surface area contributed by atoms with Crippen LogP contribution in [0, 0.1) is 20.8 Å². The lowest BCUT2D eigenvalue weighted by Crippen LogP contribution is -2.54. The Morgan fingerprint density at radius 3 is 0.566 bits per heavy atom. The third kappa shape index (κ3) is 48.7. The van der Waals surface area contributed by atoms with Gasteiger partial charge < -0.3 is 0 Å². The molecule has 129 heavy (non-hydrogen) atoms. The molecule has 0 atom stereocenters. The average molecular weight is 1760 g/mol. The van der Waals surface area contributed by atoms with Crippen LogP contribution in [0.5, 0.6) is 0 Å². The Balaban J connectivity index is -0.000000262. The topological polar surface area (TPSA) is 0 Å². The molecule has 0 heterocycles. The fraction of sp³-hybridized carbons (Fsp3) is 0.350. The second-order valence-corrected chi connectivity index (χ2v) is 25.6. The molecule has 2 aliphatic rings. The summed E-state index contributed by atoms with van der Waals surface area (Å²) in [6, 6.07) is 123. The Hall–Kier alpha value is -10.4. The van der Waals surface area contributed by atoms with Crippen LogP contribution in [0.3, 0.4) is 0 Å². The van der Waals surface area contributed by atoms with Crippen molar-refractivity contribution in [1.29, 1.82) is 0 Å². The average Bonchev–Trinajstić information content (AvgIpc) is 1.70. The molecule has 698 valence electrons. The SMILES string of the molecule is C1CCCCC1.CC.CC.CC.CC.CC.CC.CC.CC.CC.CC.CC.CC(C)(c1ccccc1)c1ccccc1.Cc1ccccc1.Cc1ccccc1.Cc1ccccc1.FC(F)(F)C(c1ccccc1)(c1ccccc1)C(F)(F)F.[B]C.[B]C.[B]C.c1ccc(C2(c3ccccc3)c3ccccc3-c3ccccc32)cc1.c1ccc(Cc2ccccc2)cc1. The number of benzene rings is 13.